The molecule has 1 N–H and O–H groups in total. The van der Waals surface area contributed by atoms with Crippen LogP contribution in [0.1, 0.15) is 120 Å². The predicted molar refractivity (Wildman–Crippen MR) is 163 cm³/mol. The number of carbonyl (C=O) groups is 1. The number of carboxylic acids is 1. The number of hydrogen-bond donors (Lipinski definition) is 1. The van der Waals surface area contributed by atoms with Gasteiger partial charge in [0.25, 0.3) is 0 Å². The SMILES string of the molecule is CCC(CC)c1ccc2c(c1)OC1C=C3Oc4cc(C(CC)CCCCCC(=O)O)ccc4C=C3C(C)(C)C1=C2. The number of aliphatic carboxylic acids is 1. The van der Waals surface area contributed by atoms with Crippen LogP contribution in [0.3, 0.4) is 0 Å². The second-order valence-corrected chi connectivity index (χ2v) is 12.2. The van der Waals surface area contributed by atoms with Crippen LogP contribution in [-0.2, 0) is 4.79 Å². The van der Waals surface area contributed by atoms with Crippen LogP contribution in [-0.4, -0.2) is 17.2 Å². The van der Waals surface area contributed by atoms with Crippen LogP contribution < -0.4 is 9.47 Å². The molecule has 0 fully saturated rings. The summed E-state index contributed by atoms with van der Waals surface area (Å²) < 4.78 is 13.3. The van der Waals surface area contributed by atoms with Crippen LogP contribution >= 0.6 is 0 Å². The van der Waals surface area contributed by atoms with E-state index in [1.54, 1.807) is 0 Å². The van der Waals surface area contributed by atoms with Crippen molar-refractivity contribution in [3.05, 3.63) is 81.6 Å². The third-order valence-electron chi connectivity index (χ3n) is 9.29. The number of hydrogen-bond acceptors (Lipinski definition) is 3. The third-order valence-corrected chi connectivity index (χ3v) is 9.29. The number of ether oxygens (including phenoxy) is 2. The van der Waals surface area contributed by atoms with E-state index >= 15 is 0 Å². The van der Waals surface area contributed by atoms with Gasteiger partial charge in [-0.3, -0.25) is 4.79 Å². The molecule has 0 spiro atoms. The molecule has 0 amide bonds. The Morgan fingerprint density at radius 2 is 1.52 bits per heavy atom. The molecule has 5 rings (SSSR count). The summed E-state index contributed by atoms with van der Waals surface area (Å²) in [4.78, 5) is 10.8. The lowest BCUT2D eigenvalue weighted by molar-refractivity contribution is -0.137. The summed E-state index contributed by atoms with van der Waals surface area (Å²) in [6.45, 7) is 11.3. The summed E-state index contributed by atoms with van der Waals surface area (Å²) in [5.41, 5.74) is 7.16. The first-order valence-electron chi connectivity index (χ1n) is 15.3. The minimum absolute atomic E-state index is 0.148. The Kier molecular flexibility index (Phi) is 8.26. The molecule has 4 nitrogen and oxygen atoms in total. The Balaban J connectivity index is 1.39. The average molecular weight is 541 g/mol. The summed E-state index contributed by atoms with van der Waals surface area (Å²) in [7, 11) is 0. The van der Waals surface area contributed by atoms with Gasteiger partial charge in [-0.05, 0) is 84.9 Å². The van der Waals surface area contributed by atoms with Crippen LogP contribution in [0.15, 0.2) is 59.4 Å². The Hall–Kier alpha value is -3.27. The topological polar surface area (TPSA) is 55.8 Å². The molecule has 2 aliphatic heterocycles. The highest BCUT2D eigenvalue weighted by atomic mass is 16.5. The monoisotopic (exact) mass is 540 g/mol. The average Bonchev–Trinajstić information content (AvgIpc) is 2.94. The van der Waals surface area contributed by atoms with E-state index in [0.717, 1.165) is 73.3 Å². The molecule has 1 aliphatic carbocycles. The molecule has 0 aromatic heterocycles. The number of rotatable bonds is 11. The second-order valence-electron chi connectivity index (χ2n) is 12.2. The van der Waals surface area contributed by atoms with Crippen LogP contribution in [0.25, 0.3) is 12.2 Å². The molecule has 0 bridgehead atoms. The van der Waals surface area contributed by atoms with Crippen molar-refractivity contribution in [2.24, 2.45) is 5.41 Å². The van der Waals surface area contributed by atoms with Crippen LogP contribution in [0.2, 0.25) is 0 Å². The van der Waals surface area contributed by atoms with Crippen molar-refractivity contribution < 1.29 is 19.4 Å². The van der Waals surface area contributed by atoms with Gasteiger partial charge in [-0.15, -0.1) is 0 Å². The van der Waals surface area contributed by atoms with Crippen molar-refractivity contribution in [3.8, 4) is 11.5 Å². The maximum absolute atomic E-state index is 10.8. The number of benzene rings is 2. The van der Waals surface area contributed by atoms with Crippen molar-refractivity contribution in [1.82, 2.24) is 0 Å². The van der Waals surface area contributed by atoms with E-state index in [4.69, 9.17) is 14.6 Å². The number of unbranched alkanes of at least 4 members (excludes halogenated alkanes) is 2. The van der Waals surface area contributed by atoms with Crippen molar-refractivity contribution in [2.45, 2.75) is 104 Å². The van der Waals surface area contributed by atoms with Gasteiger partial charge >= 0.3 is 5.97 Å². The molecule has 4 heteroatoms. The smallest absolute Gasteiger partial charge is 0.303 e. The van der Waals surface area contributed by atoms with Gasteiger partial charge < -0.3 is 14.6 Å². The van der Waals surface area contributed by atoms with Crippen molar-refractivity contribution in [2.75, 3.05) is 0 Å². The highest BCUT2D eigenvalue weighted by molar-refractivity contribution is 5.75. The molecule has 2 heterocycles. The molecular formula is C36H44O4. The van der Waals surface area contributed by atoms with Crippen LogP contribution in [0, 0.1) is 5.41 Å². The lowest BCUT2D eigenvalue weighted by atomic mass is 9.68. The minimum atomic E-state index is -0.705. The first kappa shape index (κ1) is 28.3. The molecule has 2 aromatic rings. The third kappa shape index (κ3) is 5.50. The predicted octanol–water partition coefficient (Wildman–Crippen LogP) is 9.66. The fraction of sp³-hybridized carbons (Fsp3) is 0.472. The lowest BCUT2D eigenvalue weighted by Crippen LogP contribution is -2.37. The maximum atomic E-state index is 10.8. The second kappa shape index (κ2) is 11.7. The van der Waals surface area contributed by atoms with Crippen molar-refractivity contribution in [3.63, 3.8) is 0 Å². The highest BCUT2D eigenvalue weighted by Gasteiger charge is 2.43. The minimum Gasteiger partial charge on any atom is -0.481 e. The quantitative estimate of drug-likeness (QED) is 0.288. The summed E-state index contributed by atoms with van der Waals surface area (Å²) in [5.74, 6) is 3.07. The van der Waals surface area contributed by atoms with Gasteiger partial charge in [-0.1, -0.05) is 71.7 Å². The largest absolute Gasteiger partial charge is 0.481 e. The van der Waals surface area contributed by atoms with Gasteiger partial charge in [0.05, 0.1) is 0 Å². The Labute approximate surface area is 239 Å². The molecule has 3 aliphatic rings. The summed E-state index contributed by atoms with van der Waals surface area (Å²) in [5, 5.41) is 8.90. The van der Waals surface area contributed by atoms with E-state index in [2.05, 4.69) is 89.2 Å². The lowest BCUT2D eigenvalue weighted by Gasteiger charge is -2.43. The summed E-state index contributed by atoms with van der Waals surface area (Å²) in [6.07, 6.45) is 14.0. The molecule has 0 saturated heterocycles. The maximum Gasteiger partial charge on any atom is 0.303 e. The van der Waals surface area contributed by atoms with E-state index in [0.29, 0.717) is 11.8 Å². The Morgan fingerprint density at radius 1 is 0.875 bits per heavy atom. The van der Waals surface area contributed by atoms with Gasteiger partial charge in [0.2, 0.25) is 0 Å². The van der Waals surface area contributed by atoms with Crippen LogP contribution in [0.4, 0.5) is 0 Å². The van der Waals surface area contributed by atoms with Gasteiger partial charge in [-0.2, -0.15) is 0 Å². The zero-order chi connectivity index (χ0) is 28.4. The van der Waals surface area contributed by atoms with E-state index in [1.165, 1.54) is 22.3 Å². The molecule has 2 unspecified atom stereocenters. The van der Waals surface area contributed by atoms with Gasteiger partial charge in [-0.25, -0.2) is 0 Å². The molecular weight excluding hydrogens is 496 g/mol. The van der Waals surface area contributed by atoms with Gasteiger partial charge in [0.15, 0.2) is 0 Å². The molecule has 2 aromatic carbocycles. The molecule has 40 heavy (non-hydrogen) atoms. The molecule has 2 atom stereocenters. The normalized spacial score (nSPS) is 19.1. The van der Waals surface area contributed by atoms with Crippen molar-refractivity contribution in [1.29, 1.82) is 0 Å². The first-order valence-corrected chi connectivity index (χ1v) is 15.3. The van der Waals surface area contributed by atoms with E-state index < -0.39 is 5.97 Å². The Bertz CT molecular complexity index is 1350. The molecule has 212 valence electrons. The summed E-state index contributed by atoms with van der Waals surface area (Å²) >= 11 is 0. The van der Waals surface area contributed by atoms with E-state index in [1.807, 2.05) is 0 Å². The number of carboxylic acid groups (broad SMARTS) is 1. The van der Waals surface area contributed by atoms with Gasteiger partial charge in [0, 0.05) is 34.6 Å². The number of fused-ring (bicyclic) bond motifs is 4. The summed E-state index contributed by atoms with van der Waals surface area (Å²) in [6, 6.07) is 13.4. The Morgan fingerprint density at radius 3 is 2.20 bits per heavy atom. The molecule has 0 saturated carbocycles. The zero-order valence-corrected chi connectivity index (χ0v) is 24.8. The molecule has 0 radical (unpaired) electrons. The fourth-order valence-electron chi connectivity index (χ4n) is 6.66. The standard InChI is InChI=1S/C36H44O4/c1-6-23(7-2)25-14-16-27-18-29-33(39-31(27)20-25)22-34-30(36(29,4)5)19-28-17-15-26(21-32(28)40-34)24(8-3)12-10-9-11-13-35(37)38/h14-24,33H,6-13H2,1-5H3,(H,37,38). The fourth-order valence-corrected chi connectivity index (χ4v) is 6.66. The van der Waals surface area contributed by atoms with E-state index in [9.17, 15) is 4.79 Å². The van der Waals surface area contributed by atoms with Crippen molar-refractivity contribution >= 4 is 18.1 Å². The highest BCUT2D eigenvalue weighted by Crippen LogP contribution is 2.52. The number of allylic oxidation sites excluding steroid dienone is 1. The zero-order valence-electron chi connectivity index (χ0n) is 24.8. The van der Waals surface area contributed by atoms with Gasteiger partial charge in [0.1, 0.15) is 23.4 Å². The first-order chi connectivity index (χ1) is 19.2. The van der Waals surface area contributed by atoms with E-state index in [-0.39, 0.29) is 17.9 Å². The van der Waals surface area contributed by atoms with Crippen LogP contribution in [0.5, 0.6) is 11.5 Å².